The molecule has 1 unspecified atom stereocenters. The number of anilines is 1. The molecule has 0 saturated carbocycles. The van der Waals surface area contributed by atoms with Gasteiger partial charge in [0.15, 0.2) is 11.5 Å². The molecule has 0 saturated heterocycles. The van der Waals surface area contributed by atoms with Crippen molar-refractivity contribution >= 4 is 17.4 Å². The standard InChI is InChI=1S/C19H26N4O3/c1-13-10-23(15(3)20-13)14(2)7-8-22(4)11-19(24)21-16-5-6-17-18(9-16)26-12-25-17/h5-6,9,14H,1,7-8,10-12H2,2-4H3,(H,21,24). The van der Waals surface area contributed by atoms with Crippen LogP contribution in [0.5, 0.6) is 11.5 Å². The Morgan fingerprint density at radius 2 is 2.19 bits per heavy atom. The monoisotopic (exact) mass is 358 g/mol. The first kappa shape index (κ1) is 18.3. The highest BCUT2D eigenvalue weighted by Gasteiger charge is 2.21. The zero-order valence-electron chi connectivity index (χ0n) is 15.6. The van der Waals surface area contributed by atoms with Crippen LogP contribution in [0.2, 0.25) is 0 Å². The number of nitrogens with one attached hydrogen (secondary N) is 1. The van der Waals surface area contributed by atoms with Crippen molar-refractivity contribution in [2.75, 3.05) is 38.8 Å². The highest BCUT2D eigenvalue weighted by molar-refractivity contribution is 5.92. The molecule has 1 amide bonds. The fraction of sp³-hybridized carbons (Fsp3) is 0.474. The first-order chi connectivity index (χ1) is 12.4. The van der Waals surface area contributed by atoms with Gasteiger partial charge in [0, 0.05) is 24.3 Å². The van der Waals surface area contributed by atoms with Gasteiger partial charge in [0.2, 0.25) is 12.7 Å². The Morgan fingerprint density at radius 3 is 2.92 bits per heavy atom. The van der Waals surface area contributed by atoms with Gasteiger partial charge in [0.1, 0.15) is 5.84 Å². The Labute approximate surface area is 154 Å². The van der Waals surface area contributed by atoms with E-state index in [1.54, 1.807) is 12.1 Å². The molecule has 0 radical (unpaired) electrons. The lowest BCUT2D eigenvalue weighted by atomic mass is 10.2. The van der Waals surface area contributed by atoms with Crippen molar-refractivity contribution < 1.29 is 14.3 Å². The van der Waals surface area contributed by atoms with Crippen molar-refractivity contribution in [1.29, 1.82) is 0 Å². The van der Waals surface area contributed by atoms with E-state index >= 15 is 0 Å². The minimum atomic E-state index is -0.0497. The van der Waals surface area contributed by atoms with Gasteiger partial charge in [-0.2, -0.15) is 0 Å². The smallest absolute Gasteiger partial charge is 0.238 e. The number of likely N-dealkylation sites (N-methyl/N-ethyl adjacent to an activating group) is 1. The summed E-state index contributed by atoms with van der Waals surface area (Å²) in [5, 5.41) is 2.90. The molecule has 1 aromatic rings. The third-order valence-corrected chi connectivity index (χ3v) is 4.62. The number of benzene rings is 1. The average molecular weight is 358 g/mol. The molecule has 26 heavy (non-hydrogen) atoms. The van der Waals surface area contributed by atoms with E-state index in [1.165, 1.54) is 0 Å². The van der Waals surface area contributed by atoms with Gasteiger partial charge in [-0.3, -0.25) is 9.69 Å². The minimum absolute atomic E-state index is 0.0497. The summed E-state index contributed by atoms with van der Waals surface area (Å²) < 4.78 is 10.6. The van der Waals surface area contributed by atoms with Crippen LogP contribution in [0.4, 0.5) is 5.69 Å². The molecule has 1 N–H and O–H groups in total. The fourth-order valence-corrected chi connectivity index (χ4v) is 3.18. The van der Waals surface area contributed by atoms with Crippen molar-refractivity contribution in [3.8, 4) is 11.5 Å². The molecule has 2 aliphatic rings. The molecular weight excluding hydrogens is 332 g/mol. The van der Waals surface area contributed by atoms with E-state index in [2.05, 4.69) is 28.7 Å². The molecule has 0 bridgehead atoms. The van der Waals surface area contributed by atoms with Gasteiger partial charge in [-0.25, -0.2) is 4.99 Å². The fourth-order valence-electron chi connectivity index (χ4n) is 3.18. The first-order valence-corrected chi connectivity index (χ1v) is 8.80. The van der Waals surface area contributed by atoms with E-state index in [9.17, 15) is 4.79 Å². The number of fused-ring (bicyclic) bond motifs is 1. The number of rotatable bonds is 7. The van der Waals surface area contributed by atoms with Gasteiger partial charge in [0.25, 0.3) is 0 Å². The number of aliphatic imine (C=N–C) groups is 1. The number of ether oxygens (including phenoxy) is 2. The van der Waals surface area contributed by atoms with Crippen molar-refractivity contribution in [3.63, 3.8) is 0 Å². The van der Waals surface area contributed by atoms with E-state index < -0.39 is 0 Å². The molecule has 2 heterocycles. The Kier molecular flexibility index (Phi) is 5.46. The zero-order chi connectivity index (χ0) is 18.7. The van der Waals surface area contributed by atoms with Gasteiger partial charge in [0.05, 0.1) is 18.8 Å². The second-order valence-corrected chi connectivity index (χ2v) is 6.84. The Hall–Kier alpha value is -2.54. The van der Waals surface area contributed by atoms with Crippen LogP contribution in [-0.4, -0.2) is 61.1 Å². The van der Waals surface area contributed by atoms with E-state index in [0.717, 1.165) is 31.0 Å². The SMILES string of the molecule is C=C1CN(C(C)CCN(C)CC(=O)Nc2ccc3c(c2)OCO3)C(C)=N1. The molecule has 0 spiro atoms. The van der Waals surface area contributed by atoms with Crippen LogP contribution in [0.3, 0.4) is 0 Å². The maximum absolute atomic E-state index is 12.3. The third-order valence-electron chi connectivity index (χ3n) is 4.62. The molecule has 0 fully saturated rings. The van der Waals surface area contributed by atoms with Gasteiger partial charge < -0.3 is 19.7 Å². The molecule has 1 aromatic carbocycles. The van der Waals surface area contributed by atoms with E-state index in [0.29, 0.717) is 29.8 Å². The maximum Gasteiger partial charge on any atom is 0.238 e. The number of nitrogens with zero attached hydrogens (tertiary/aromatic N) is 3. The second kappa shape index (κ2) is 7.78. The molecule has 2 aliphatic heterocycles. The molecule has 1 atom stereocenters. The molecule has 7 nitrogen and oxygen atoms in total. The number of carbonyl (C=O) groups excluding carboxylic acids is 1. The number of hydrogen-bond acceptors (Lipinski definition) is 6. The van der Waals surface area contributed by atoms with Gasteiger partial charge in [-0.1, -0.05) is 6.58 Å². The topological polar surface area (TPSA) is 66.4 Å². The maximum atomic E-state index is 12.3. The second-order valence-electron chi connectivity index (χ2n) is 6.84. The van der Waals surface area contributed by atoms with Crippen molar-refractivity contribution in [3.05, 3.63) is 30.5 Å². The van der Waals surface area contributed by atoms with E-state index in [-0.39, 0.29) is 12.7 Å². The quantitative estimate of drug-likeness (QED) is 0.810. The van der Waals surface area contributed by atoms with E-state index in [1.807, 2.05) is 24.9 Å². The minimum Gasteiger partial charge on any atom is -0.454 e. The lowest BCUT2D eigenvalue weighted by molar-refractivity contribution is -0.117. The Balaban J connectivity index is 1.43. The number of carbonyl (C=O) groups is 1. The summed E-state index contributed by atoms with van der Waals surface area (Å²) in [6.45, 7) is 10.3. The first-order valence-electron chi connectivity index (χ1n) is 8.80. The van der Waals surface area contributed by atoms with Crippen LogP contribution >= 0.6 is 0 Å². The largest absolute Gasteiger partial charge is 0.454 e. The van der Waals surface area contributed by atoms with Gasteiger partial charge in [-0.05, 0) is 39.4 Å². The Morgan fingerprint density at radius 1 is 1.42 bits per heavy atom. The number of hydrogen-bond donors (Lipinski definition) is 1. The predicted molar refractivity (Wildman–Crippen MR) is 102 cm³/mol. The normalized spacial score (nSPS) is 16.8. The van der Waals surface area contributed by atoms with Crippen LogP contribution in [0.25, 0.3) is 0 Å². The number of amidine groups is 1. The lowest BCUT2D eigenvalue weighted by Crippen LogP contribution is -2.38. The molecule has 140 valence electrons. The van der Waals surface area contributed by atoms with Crippen molar-refractivity contribution in [2.45, 2.75) is 26.3 Å². The summed E-state index contributed by atoms with van der Waals surface area (Å²) in [4.78, 5) is 20.9. The molecule has 0 aliphatic carbocycles. The highest BCUT2D eigenvalue weighted by atomic mass is 16.7. The van der Waals surface area contributed by atoms with Crippen LogP contribution in [-0.2, 0) is 4.79 Å². The summed E-state index contributed by atoms with van der Waals surface area (Å²) in [5.74, 6) is 2.34. The molecule has 0 aromatic heterocycles. The molecule has 3 rings (SSSR count). The van der Waals surface area contributed by atoms with Crippen molar-refractivity contribution in [2.24, 2.45) is 4.99 Å². The van der Waals surface area contributed by atoms with Gasteiger partial charge >= 0.3 is 0 Å². The van der Waals surface area contributed by atoms with Crippen molar-refractivity contribution in [1.82, 2.24) is 9.80 Å². The molecular formula is C19H26N4O3. The summed E-state index contributed by atoms with van der Waals surface area (Å²) >= 11 is 0. The lowest BCUT2D eigenvalue weighted by Gasteiger charge is -2.28. The van der Waals surface area contributed by atoms with Gasteiger partial charge in [-0.15, -0.1) is 0 Å². The summed E-state index contributed by atoms with van der Waals surface area (Å²) in [6.07, 6.45) is 0.952. The van der Waals surface area contributed by atoms with Crippen LogP contribution < -0.4 is 14.8 Å². The zero-order valence-corrected chi connectivity index (χ0v) is 15.6. The predicted octanol–water partition coefficient (Wildman–Crippen LogP) is 2.31. The number of amides is 1. The molecule has 7 heteroatoms. The van der Waals surface area contributed by atoms with Crippen LogP contribution in [0, 0.1) is 0 Å². The van der Waals surface area contributed by atoms with E-state index in [4.69, 9.17) is 9.47 Å². The summed E-state index contributed by atoms with van der Waals surface area (Å²) in [7, 11) is 1.95. The average Bonchev–Trinajstić information content (AvgIpc) is 3.17. The summed E-state index contributed by atoms with van der Waals surface area (Å²) in [5.41, 5.74) is 1.62. The summed E-state index contributed by atoms with van der Waals surface area (Å²) in [6, 6.07) is 5.76. The highest BCUT2D eigenvalue weighted by Crippen LogP contribution is 2.34. The van der Waals surface area contributed by atoms with Crippen LogP contribution in [0.15, 0.2) is 35.5 Å². The Bertz CT molecular complexity index is 731. The van der Waals surface area contributed by atoms with Crippen LogP contribution in [0.1, 0.15) is 20.3 Å². The third kappa shape index (κ3) is 4.35.